The summed E-state index contributed by atoms with van der Waals surface area (Å²) in [5.74, 6) is 0.656. The molecule has 6 heteroatoms. The van der Waals surface area contributed by atoms with Crippen LogP contribution in [0.25, 0.3) is 17.2 Å². The molecule has 0 aliphatic rings. The minimum absolute atomic E-state index is 0.453. The van der Waals surface area contributed by atoms with Crippen molar-refractivity contribution >= 4 is 6.29 Å². The second-order valence-electron chi connectivity index (χ2n) is 4.28. The molecular formula is C14H11N5O. The first-order valence-electron chi connectivity index (χ1n) is 6.02. The molecule has 0 aliphatic carbocycles. The molecule has 0 spiro atoms. The quantitative estimate of drug-likeness (QED) is 0.675. The highest BCUT2D eigenvalue weighted by Crippen LogP contribution is 2.19. The van der Waals surface area contributed by atoms with Crippen LogP contribution in [0.2, 0.25) is 0 Å². The molecule has 6 nitrogen and oxygen atoms in total. The van der Waals surface area contributed by atoms with Crippen LogP contribution in [0.1, 0.15) is 15.9 Å². The van der Waals surface area contributed by atoms with Crippen molar-refractivity contribution in [2.45, 2.75) is 6.92 Å². The fourth-order valence-corrected chi connectivity index (χ4v) is 1.86. The number of pyridine rings is 1. The third-order valence-corrected chi connectivity index (χ3v) is 2.81. The number of aryl methyl sites for hydroxylation is 1. The summed E-state index contributed by atoms with van der Waals surface area (Å²) >= 11 is 0. The minimum atomic E-state index is 0.453. The van der Waals surface area contributed by atoms with Gasteiger partial charge in [-0.2, -0.15) is 5.10 Å². The number of carbonyl (C=O) groups excluding carboxylic acids is 1. The van der Waals surface area contributed by atoms with Gasteiger partial charge in [0.1, 0.15) is 11.4 Å². The molecule has 0 amide bonds. The summed E-state index contributed by atoms with van der Waals surface area (Å²) < 4.78 is 1.57. The monoisotopic (exact) mass is 265 g/mol. The van der Waals surface area contributed by atoms with Crippen molar-refractivity contribution in [1.29, 1.82) is 0 Å². The molecule has 0 bridgehead atoms. The Bertz CT molecular complexity index is 751. The summed E-state index contributed by atoms with van der Waals surface area (Å²) in [7, 11) is 0. The van der Waals surface area contributed by atoms with Gasteiger partial charge in [0.25, 0.3) is 0 Å². The molecule has 3 aromatic rings. The second-order valence-corrected chi connectivity index (χ2v) is 4.28. The van der Waals surface area contributed by atoms with E-state index >= 15 is 0 Å². The van der Waals surface area contributed by atoms with E-state index in [4.69, 9.17) is 0 Å². The van der Waals surface area contributed by atoms with Crippen LogP contribution in [-0.2, 0) is 0 Å². The SMILES string of the molecule is Cc1ccnc(-n2cc(C=O)c(-c3cnccn3)n2)c1. The van der Waals surface area contributed by atoms with E-state index in [9.17, 15) is 4.79 Å². The second kappa shape index (κ2) is 5.00. The number of aromatic nitrogens is 5. The van der Waals surface area contributed by atoms with Gasteiger partial charge in [-0.05, 0) is 24.6 Å². The fraction of sp³-hybridized carbons (Fsp3) is 0.0714. The highest BCUT2D eigenvalue weighted by atomic mass is 16.1. The van der Waals surface area contributed by atoms with Crippen molar-refractivity contribution < 1.29 is 4.79 Å². The Morgan fingerprint density at radius 1 is 1.20 bits per heavy atom. The zero-order valence-electron chi connectivity index (χ0n) is 10.8. The third kappa shape index (κ3) is 2.18. The molecule has 98 valence electrons. The first kappa shape index (κ1) is 12.2. The lowest BCUT2D eigenvalue weighted by Crippen LogP contribution is -1.98. The fourth-order valence-electron chi connectivity index (χ4n) is 1.86. The zero-order chi connectivity index (χ0) is 13.9. The highest BCUT2D eigenvalue weighted by molar-refractivity contribution is 5.84. The van der Waals surface area contributed by atoms with Crippen LogP contribution in [0, 0.1) is 6.92 Å². The van der Waals surface area contributed by atoms with Crippen LogP contribution in [0.3, 0.4) is 0 Å². The van der Waals surface area contributed by atoms with Gasteiger partial charge >= 0.3 is 0 Å². The number of aldehydes is 1. The number of rotatable bonds is 3. The lowest BCUT2D eigenvalue weighted by atomic mass is 10.2. The van der Waals surface area contributed by atoms with Crippen molar-refractivity contribution in [3.63, 3.8) is 0 Å². The van der Waals surface area contributed by atoms with E-state index in [2.05, 4.69) is 20.1 Å². The molecule has 20 heavy (non-hydrogen) atoms. The van der Waals surface area contributed by atoms with E-state index in [1.54, 1.807) is 35.7 Å². The van der Waals surface area contributed by atoms with Gasteiger partial charge in [-0.15, -0.1) is 0 Å². The van der Waals surface area contributed by atoms with E-state index < -0.39 is 0 Å². The highest BCUT2D eigenvalue weighted by Gasteiger charge is 2.13. The predicted molar refractivity (Wildman–Crippen MR) is 72.5 cm³/mol. The van der Waals surface area contributed by atoms with Crippen molar-refractivity contribution in [2.75, 3.05) is 0 Å². The average Bonchev–Trinajstić information content (AvgIpc) is 2.92. The zero-order valence-corrected chi connectivity index (χ0v) is 10.8. The Kier molecular flexibility index (Phi) is 3.04. The average molecular weight is 265 g/mol. The predicted octanol–water partition coefficient (Wildman–Crippen LogP) is 1.85. The minimum Gasteiger partial charge on any atom is -0.298 e. The van der Waals surface area contributed by atoms with Gasteiger partial charge in [0.15, 0.2) is 12.1 Å². The lowest BCUT2D eigenvalue weighted by molar-refractivity contribution is 0.112. The van der Waals surface area contributed by atoms with Crippen LogP contribution in [-0.4, -0.2) is 31.0 Å². The van der Waals surface area contributed by atoms with Gasteiger partial charge in [0.2, 0.25) is 0 Å². The molecule has 0 saturated heterocycles. The van der Waals surface area contributed by atoms with Gasteiger partial charge in [-0.25, -0.2) is 9.67 Å². The van der Waals surface area contributed by atoms with E-state index in [1.165, 1.54) is 0 Å². The van der Waals surface area contributed by atoms with Crippen molar-refractivity contribution in [1.82, 2.24) is 24.7 Å². The molecule has 3 rings (SSSR count). The molecule has 0 aromatic carbocycles. The third-order valence-electron chi connectivity index (χ3n) is 2.81. The Balaban J connectivity index is 2.12. The molecular weight excluding hydrogens is 254 g/mol. The summed E-state index contributed by atoms with van der Waals surface area (Å²) in [4.78, 5) is 23.6. The number of hydrogen-bond donors (Lipinski definition) is 0. The Labute approximate surface area is 115 Å². The van der Waals surface area contributed by atoms with Crippen molar-refractivity contribution in [2.24, 2.45) is 0 Å². The van der Waals surface area contributed by atoms with E-state index in [0.29, 0.717) is 22.8 Å². The molecule has 0 aliphatic heterocycles. The molecule has 3 aromatic heterocycles. The van der Waals surface area contributed by atoms with Gasteiger partial charge in [0, 0.05) is 24.8 Å². The number of nitrogens with zero attached hydrogens (tertiary/aromatic N) is 5. The molecule has 3 heterocycles. The molecule has 0 atom stereocenters. The largest absolute Gasteiger partial charge is 0.298 e. The maximum atomic E-state index is 11.2. The Morgan fingerprint density at radius 3 is 2.80 bits per heavy atom. The van der Waals surface area contributed by atoms with Gasteiger partial charge in [-0.3, -0.25) is 14.8 Å². The number of hydrogen-bond acceptors (Lipinski definition) is 5. The van der Waals surface area contributed by atoms with Crippen LogP contribution in [0.4, 0.5) is 0 Å². The van der Waals surface area contributed by atoms with Crippen LogP contribution in [0.5, 0.6) is 0 Å². The summed E-state index contributed by atoms with van der Waals surface area (Å²) in [6, 6.07) is 3.79. The molecule has 0 N–H and O–H groups in total. The molecule has 0 radical (unpaired) electrons. The van der Waals surface area contributed by atoms with E-state index in [-0.39, 0.29) is 0 Å². The van der Waals surface area contributed by atoms with Crippen LogP contribution >= 0.6 is 0 Å². The topological polar surface area (TPSA) is 73.6 Å². The smallest absolute Gasteiger partial charge is 0.153 e. The van der Waals surface area contributed by atoms with E-state index in [0.717, 1.165) is 11.8 Å². The van der Waals surface area contributed by atoms with Gasteiger partial charge in [-0.1, -0.05) is 0 Å². The first-order valence-corrected chi connectivity index (χ1v) is 6.02. The molecule has 0 saturated carbocycles. The maximum absolute atomic E-state index is 11.2. The van der Waals surface area contributed by atoms with Crippen LogP contribution in [0.15, 0.2) is 43.1 Å². The summed E-state index contributed by atoms with van der Waals surface area (Å²) in [5, 5.41) is 4.38. The molecule has 0 fully saturated rings. The normalized spacial score (nSPS) is 10.4. The number of carbonyl (C=O) groups is 1. The summed E-state index contributed by atoms with van der Waals surface area (Å²) in [5.41, 5.74) is 2.57. The maximum Gasteiger partial charge on any atom is 0.153 e. The van der Waals surface area contributed by atoms with Crippen molar-refractivity contribution in [3.8, 4) is 17.2 Å². The standard InChI is InChI=1S/C14H11N5O/c1-10-2-3-17-13(6-10)19-8-11(9-20)14(18-19)12-7-15-4-5-16-12/h2-9H,1H3. The Morgan fingerprint density at radius 2 is 2.10 bits per heavy atom. The first-order chi connectivity index (χ1) is 9.78. The summed E-state index contributed by atoms with van der Waals surface area (Å²) in [6.07, 6.45) is 8.80. The van der Waals surface area contributed by atoms with E-state index in [1.807, 2.05) is 19.1 Å². The van der Waals surface area contributed by atoms with Crippen molar-refractivity contribution in [3.05, 3.63) is 54.2 Å². The van der Waals surface area contributed by atoms with Gasteiger partial charge in [0.05, 0.1) is 11.8 Å². The van der Waals surface area contributed by atoms with Crippen LogP contribution < -0.4 is 0 Å². The van der Waals surface area contributed by atoms with Gasteiger partial charge < -0.3 is 0 Å². The molecule has 0 unspecified atom stereocenters. The summed E-state index contributed by atoms with van der Waals surface area (Å²) in [6.45, 7) is 1.97. The lowest BCUT2D eigenvalue weighted by Gasteiger charge is -2.00. The Hall–Kier alpha value is -2.89.